The molecule has 1 aromatic carbocycles. The molecule has 2 N–H and O–H groups in total. The molecule has 1 aliphatic carbocycles. The Kier molecular flexibility index (Phi) is 3.54. The van der Waals surface area contributed by atoms with Gasteiger partial charge in [-0.15, -0.1) is 0 Å². The molecule has 1 saturated carbocycles. The lowest BCUT2D eigenvalue weighted by Crippen LogP contribution is -2.36. The second-order valence-corrected chi connectivity index (χ2v) is 5.55. The van der Waals surface area contributed by atoms with Gasteiger partial charge < -0.3 is 14.8 Å². The number of thioether (sulfide) groups is 1. The fourth-order valence-electron chi connectivity index (χ4n) is 1.82. The number of aliphatic hydroxyl groups is 1. The lowest BCUT2D eigenvalue weighted by molar-refractivity contribution is 0.253. The van der Waals surface area contributed by atoms with Gasteiger partial charge in [0.1, 0.15) is 5.52 Å². The first-order valence-corrected chi connectivity index (χ1v) is 7.19. The number of nitrogens with one attached hydrogen (secondary N) is 1. The van der Waals surface area contributed by atoms with E-state index in [1.54, 1.807) is 11.8 Å². The zero-order chi connectivity index (χ0) is 12.4. The van der Waals surface area contributed by atoms with Gasteiger partial charge in [-0.05, 0) is 25.0 Å². The summed E-state index contributed by atoms with van der Waals surface area (Å²) in [6, 6.07) is 8.47. The summed E-state index contributed by atoms with van der Waals surface area (Å²) in [5.41, 5.74) is 1.70. The number of para-hydroxylation sites is 2. The van der Waals surface area contributed by atoms with Gasteiger partial charge in [-0.1, -0.05) is 23.9 Å². The minimum atomic E-state index is 0.123. The Labute approximate surface area is 110 Å². The van der Waals surface area contributed by atoms with Crippen LogP contribution in [0.25, 0.3) is 11.1 Å². The summed E-state index contributed by atoms with van der Waals surface area (Å²) < 4.78 is 5.63. The van der Waals surface area contributed by atoms with E-state index in [0.29, 0.717) is 11.3 Å². The highest BCUT2D eigenvalue weighted by Gasteiger charge is 2.24. The van der Waals surface area contributed by atoms with E-state index >= 15 is 0 Å². The Morgan fingerprint density at radius 1 is 1.44 bits per heavy atom. The van der Waals surface area contributed by atoms with Gasteiger partial charge in [0.2, 0.25) is 0 Å². The van der Waals surface area contributed by atoms with Gasteiger partial charge in [0.05, 0.1) is 6.61 Å². The van der Waals surface area contributed by atoms with Crippen molar-refractivity contribution in [1.82, 2.24) is 10.3 Å². The molecule has 2 aromatic rings. The molecule has 3 rings (SSSR count). The van der Waals surface area contributed by atoms with Gasteiger partial charge in [0.25, 0.3) is 5.22 Å². The molecule has 1 heterocycles. The number of nitrogens with zero attached hydrogens (tertiary/aromatic N) is 1. The highest BCUT2D eigenvalue weighted by Crippen LogP contribution is 2.25. The lowest BCUT2D eigenvalue weighted by atomic mass is 10.3. The number of rotatable bonds is 6. The molecule has 0 aliphatic heterocycles. The average Bonchev–Trinajstić information content (AvgIpc) is 3.11. The van der Waals surface area contributed by atoms with Crippen molar-refractivity contribution in [3.05, 3.63) is 24.3 Å². The van der Waals surface area contributed by atoms with Crippen LogP contribution in [0, 0.1) is 0 Å². The van der Waals surface area contributed by atoms with Gasteiger partial charge >= 0.3 is 0 Å². The Morgan fingerprint density at radius 3 is 3.00 bits per heavy atom. The number of aliphatic hydroxyl groups excluding tert-OH is 1. The van der Waals surface area contributed by atoms with Gasteiger partial charge in [0.15, 0.2) is 5.58 Å². The van der Waals surface area contributed by atoms with Crippen LogP contribution in [-0.4, -0.2) is 34.5 Å². The predicted octanol–water partition coefficient (Wildman–Crippen LogP) is 2.03. The summed E-state index contributed by atoms with van der Waals surface area (Å²) >= 11 is 1.55. The van der Waals surface area contributed by atoms with Crippen LogP contribution in [0.3, 0.4) is 0 Å². The van der Waals surface area contributed by atoms with Crippen LogP contribution < -0.4 is 5.32 Å². The summed E-state index contributed by atoms with van der Waals surface area (Å²) in [4.78, 5) is 4.40. The van der Waals surface area contributed by atoms with Gasteiger partial charge in [-0.3, -0.25) is 0 Å². The standard InChI is InChI=1S/C13H16N2O2S/c16-7-10(14-9-5-6-9)8-18-13-15-11-3-1-2-4-12(11)17-13/h1-4,9-10,14,16H,5-8H2. The fraction of sp³-hybridized carbons (Fsp3) is 0.462. The molecule has 18 heavy (non-hydrogen) atoms. The summed E-state index contributed by atoms with van der Waals surface area (Å²) in [6.07, 6.45) is 2.45. The highest BCUT2D eigenvalue weighted by atomic mass is 32.2. The van der Waals surface area contributed by atoms with E-state index in [4.69, 9.17) is 4.42 Å². The monoisotopic (exact) mass is 264 g/mol. The molecule has 0 radical (unpaired) electrons. The molecule has 1 atom stereocenters. The third kappa shape index (κ3) is 2.85. The molecule has 0 saturated heterocycles. The van der Waals surface area contributed by atoms with Crippen molar-refractivity contribution in [3.63, 3.8) is 0 Å². The Balaban J connectivity index is 1.60. The van der Waals surface area contributed by atoms with Crippen LogP contribution in [0.1, 0.15) is 12.8 Å². The number of oxazole rings is 1. The molecule has 0 amide bonds. The van der Waals surface area contributed by atoms with E-state index in [9.17, 15) is 5.11 Å². The average molecular weight is 264 g/mol. The highest BCUT2D eigenvalue weighted by molar-refractivity contribution is 7.99. The van der Waals surface area contributed by atoms with Crippen molar-refractivity contribution >= 4 is 22.9 Å². The zero-order valence-electron chi connectivity index (χ0n) is 10.0. The van der Waals surface area contributed by atoms with Gasteiger partial charge in [-0.2, -0.15) is 0 Å². The molecule has 5 heteroatoms. The van der Waals surface area contributed by atoms with Crippen molar-refractivity contribution in [2.24, 2.45) is 0 Å². The Bertz CT molecular complexity index is 491. The van der Waals surface area contributed by atoms with E-state index in [-0.39, 0.29) is 12.6 Å². The first-order valence-electron chi connectivity index (χ1n) is 6.20. The maximum Gasteiger partial charge on any atom is 0.256 e. The topological polar surface area (TPSA) is 58.3 Å². The lowest BCUT2D eigenvalue weighted by Gasteiger charge is -2.13. The number of fused-ring (bicyclic) bond motifs is 1. The molecule has 4 nitrogen and oxygen atoms in total. The minimum Gasteiger partial charge on any atom is -0.431 e. The molecule has 1 unspecified atom stereocenters. The molecular formula is C13H16N2O2S. The second-order valence-electron chi connectivity index (χ2n) is 4.58. The van der Waals surface area contributed by atoms with E-state index in [0.717, 1.165) is 16.9 Å². The molecule has 96 valence electrons. The quantitative estimate of drug-likeness (QED) is 0.782. The molecule has 1 aliphatic rings. The predicted molar refractivity (Wildman–Crippen MR) is 71.8 cm³/mol. The summed E-state index contributed by atoms with van der Waals surface area (Å²) in [7, 11) is 0. The van der Waals surface area contributed by atoms with Crippen LogP contribution in [-0.2, 0) is 0 Å². The summed E-state index contributed by atoms with van der Waals surface area (Å²) in [6.45, 7) is 0.156. The smallest absolute Gasteiger partial charge is 0.256 e. The summed E-state index contributed by atoms with van der Waals surface area (Å²) in [5.74, 6) is 0.778. The van der Waals surface area contributed by atoms with Crippen molar-refractivity contribution in [2.45, 2.75) is 30.1 Å². The zero-order valence-corrected chi connectivity index (χ0v) is 10.8. The molecule has 1 fully saturated rings. The van der Waals surface area contributed by atoms with Gasteiger partial charge in [-0.25, -0.2) is 4.98 Å². The van der Waals surface area contributed by atoms with Crippen LogP contribution in [0.15, 0.2) is 33.9 Å². The van der Waals surface area contributed by atoms with Crippen LogP contribution in [0.5, 0.6) is 0 Å². The van der Waals surface area contributed by atoms with Crippen molar-refractivity contribution in [2.75, 3.05) is 12.4 Å². The fourth-order valence-corrected chi connectivity index (χ4v) is 2.68. The van der Waals surface area contributed by atoms with Crippen LogP contribution in [0.4, 0.5) is 0 Å². The van der Waals surface area contributed by atoms with Crippen LogP contribution >= 0.6 is 11.8 Å². The third-order valence-corrected chi connectivity index (χ3v) is 3.94. The van der Waals surface area contributed by atoms with Gasteiger partial charge in [0, 0.05) is 17.8 Å². The summed E-state index contributed by atoms with van der Waals surface area (Å²) in [5, 5.41) is 13.4. The number of benzene rings is 1. The maximum atomic E-state index is 9.29. The maximum absolute atomic E-state index is 9.29. The molecule has 0 bridgehead atoms. The van der Waals surface area contributed by atoms with E-state index < -0.39 is 0 Å². The molecule has 0 spiro atoms. The first kappa shape index (κ1) is 12.0. The van der Waals surface area contributed by atoms with Crippen molar-refractivity contribution in [1.29, 1.82) is 0 Å². The van der Waals surface area contributed by atoms with Crippen LogP contribution in [0.2, 0.25) is 0 Å². The number of hydrogen-bond acceptors (Lipinski definition) is 5. The Hall–Kier alpha value is -1.04. The first-order chi connectivity index (χ1) is 8.85. The minimum absolute atomic E-state index is 0.123. The van der Waals surface area contributed by atoms with E-state index in [2.05, 4.69) is 10.3 Å². The third-order valence-electron chi connectivity index (χ3n) is 2.95. The largest absolute Gasteiger partial charge is 0.431 e. The van der Waals surface area contributed by atoms with E-state index in [1.165, 1.54) is 12.8 Å². The van der Waals surface area contributed by atoms with E-state index in [1.807, 2.05) is 24.3 Å². The number of aromatic nitrogens is 1. The molecule has 1 aromatic heterocycles. The molecular weight excluding hydrogens is 248 g/mol. The SMILES string of the molecule is OCC(CSc1nc2ccccc2o1)NC1CC1. The number of hydrogen-bond donors (Lipinski definition) is 2. The van der Waals surface area contributed by atoms with Crippen molar-refractivity contribution in [3.8, 4) is 0 Å². The Morgan fingerprint density at radius 2 is 2.28 bits per heavy atom. The normalized spacial score (nSPS) is 17.2. The second kappa shape index (κ2) is 5.30. The van der Waals surface area contributed by atoms with Crippen molar-refractivity contribution < 1.29 is 9.52 Å².